The summed E-state index contributed by atoms with van der Waals surface area (Å²) in [6.45, 7) is 1.54. The molecule has 2 fully saturated rings. The Morgan fingerprint density at radius 3 is 2.57 bits per heavy atom. The van der Waals surface area contributed by atoms with Crippen LogP contribution in [0.25, 0.3) is 0 Å². The SMILES string of the molecule is CN(C)C1(CN2CNC(Cc3ccccc3)C2=O)CCC1. The first kappa shape index (κ1) is 14.5. The molecule has 1 atom stereocenters. The Morgan fingerprint density at radius 1 is 1.29 bits per heavy atom. The molecule has 1 heterocycles. The van der Waals surface area contributed by atoms with Crippen LogP contribution in [0.1, 0.15) is 24.8 Å². The van der Waals surface area contributed by atoms with Gasteiger partial charge in [-0.25, -0.2) is 0 Å². The fourth-order valence-electron chi connectivity index (χ4n) is 3.44. The first-order valence-electron chi connectivity index (χ1n) is 7.84. The van der Waals surface area contributed by atoms with E-state index < -0.39 is 0 Å². The highest BCUT2D eigenvalue weighted by Crippen LogP contribution is 2.37. The molecule has 1 amide bonds. The third-order valence-corrected chi connectivity index (χ3v) is 5.14. The average Bonchev–Trinajstić information content (AvgIpc) is 2.76. The van der Waals surface area contributed by atoms with Crippen LogP contribution in [0.15, 0.2) is 30.3 Å². The maximum atomic E-state index is 12.6. The summed E-state index contributed by atoms with van der Waals surface area (Å²) in [7, 11) is 4.27. The summed E-state index contributed by atoms with van der Waals surface area (Å²) in [6, 6.07) is 10.2. The van der Waals surface area contributed by atoms with Crippen LogP contribution in [0.4, 0.5) is 0 Å². The monoisotopic (exact) mass is 287 g/mol. The number of carbonyl (C=O) groups is 1. The Bertz CT molecular complexity index is 496. The van der Waals surface area contributed by atoms with E-state index in [1.807, 2.05) is 23.1 Å². The summed E-state index contributed by atoms with van der Waals surface area (Å²) in [4.78, 5) is 16.9. The lowest BCUT2D eigenvalue weighted by Gasteiger charge is -2.49. The molecule has 1 N–H and O–H groups in total. The topological polar surface area (TPSA) is 35.6 Å². The molecular formula is C17H25N3O. The number of hydrogen-bond donors (Lipinski definition) is 1. The van der Waals surface area contributed by atoms with Gasteiger partial charge in [-0.15, -0.1) is 0 Å². The van der Waals surface area contributed by atoms with E-state index in [0.29, 0.717) is 6.67 Å². The number of hydrogen-bond acceptors (Lipinski definition) is 3. The molecule has 1 aliphatic heterocycles. The van der Waals surface area contributed by atoms with Crippen LogP contribution < -0.4 is 5.32 Å². The fraction of sp³-hybridized carbons (Fsp3) is 0.588. The van der Waals surface area contributed by atoms with Crippen molar-refractivity contribution in [3.05, 3.63) is 35.9 Å². The number of benzene rings is 1. The van der Waals surface area contributed by atoms with E-state index in [-0.39, 0.29) is 17.5 Å². The number of nitrogens with zero attached hydrogens (tertiary/aromatic N) is 2. The molecule has 1 aliphatic carbocycles. The average molecular weight is 287 g/mol. The Labute approximate surface area is 127 Å². The predicted molar refractivity (Wildman–Crippen MR) is 83.9 cm³/mol. The van der Waals surface area contributed by atoms with Crippen LogP contribution in [0.5, 0.6) is 0 Å². The van der Waals surface area contributed by atoms with Gasteiger partial charge in [-0.2, -0.15) is 0 Å². The minimum atomic E-state index is -0.0633. The first-order chi connectivity index (χ1) is 10.1. The van der Waals surface area contributed by atoms with Gasteiger partial charge in [-0.1, -0.05) is 30.3 Å². The highest BCUT2D eigenvalue weighted by atomic mass is 16.2. The van der Waals surface area contributed by atoms with E-state index in [4.69, 9.17) is 0 Å². The van der Waals surface area contributed by atoms with Crippen molar-refractivity contribution in [2.45, 2.75) is 37.3 Å². The van der Waals surface area contributed by atoms with Gasteiger partial charge in [0.05, 0.1) is 12.7 Å². The Kier molecular flexibility index (Phi) is 4.00. The molecule has 0 radical (unpaired) electrons. The zero-order valence-electron chi connectivity index (χ0n) is 13.0. The normalized spacial score (nSPS) is 24.4. The van der Waals surface area contributed by atoms with Gasteiger partial charge < -0.3 is 9.80 Å². The van der Waals surface area contributed by atoms with Crippen molar-refractivity contribution in [2.75, 3.05) is 27.3 Å². The Morgan fingerprint density at radius 2 is 2.00 bits per heavy atom. The third kappa shape index (κ3) is 2.83. The molecule has 1 saturated carbocycles. The zero-order chi connectivity index (χ0) is 14.9. The van der Waals surface area contributed by atoms with Gasteiger partial charge >= 0.3 is 0 Å². The largest absolute Gasteiger partial charge is 0.327 e. The van der Waals surface area contributed by atoms with Gasteiger partial charge in [0.15, 0.2) is 0 Å². The minimum Gasteiger partial charge on any atom is -0.327 e. The molecule has 0 bridgehead atoms. The van der Waals surface area contributed by atoms with E-state index in [2.05, 4.69) is 36.4 Å². The van der Waals surface area contributed by atoms with Crippen LogP contribution in [0.3, 0.4) is 0 Å². The smallest absolute Gasteiger partial charge is 0.241 e. The zero-order valence-corrected chi connectivity index (χ0v) is 13.0. The molecule has 114 valence electrons. The highest BCUT2D eigenvalue weighted by molar-refractivity contribution is 5.84. The predicted octanol–water partition coefficient (Wildman–Crippen LogP) is 1.47. The van der Waals surface area contributed by atoms with Gasteiger partial charge in [-0.05, 0) is 45.3 Å². The van der Waals surface area contributed by atoms with Crippen LogP contribution >= 0.6 is 0 Å². The lowest BCUT2D eigenvalue weighted by atomic mass is 9.75. The third-order valence-electron chi connectivity index (χ3n) is 5.14. The van der Waals surface area contributed by atoms with E-state index in [9.17, 15) is 4.79 Å². The molecule has 21 heavy (non-hydrogen) atoms. The summed E-state index contributed by atoms with van der Waals surface area (Å²) >= 11 is 0. The van der Waals surface area contributed by atoms with Crippen molar-refractivity contribution in [1.82, 2.24) is 15.1 Å². The number of rotatable bonds is 5. The van der Waals surface area contributed by atoms with Crippen molar-refractivity contribution in [3.63, 3.8) is 0 Å². The minimum absolute atomic E-state index is 0.0633. The van der Waals surface area contributed by atoms with Crippen molar-refractivity contribution in [1.29, 1.82) is 0 Å². The standard InChI is InChI=1S/C17H25N3O/c1-19(2)17(9-6-10-17)12-20-13-18-15(16(20)21)11-14-7-4-3-5-8-14/h3-5,7-8,15,18H,6,9-13H2,1-2H3. The lowest BCUT2D eigenvalue weighted by molar-refractivity contribution is -0.131. The Hall–Kier alpha value is -1.39. The number of likely N-dealkylation sites (N-methyl/N-ethyl adjacent to an activating group) is 1. The van der Waals surface area contributed by atoms with Crippen molar-refractivity contribution in [3.8, 4) is 0 Å². The van der Waals surface area contributed by atoms with Gasteiger partial charge in [0.2, 0.25) is 5.91 Å². The van der Waals surface area contributed by atoms with Crippen molar-refractivity contribution in [2.24, 2.45) is 0 Å². The van der Waals surface area contributed by atoms with Gasteiger partial charge in [-0.3, -0.25) is 10.1 Å². The van der Waals surface area contributed by atoms with Crippen LogP contribution in [-0.4, -0.2) is 54.6 Å². The second-order valence-electron chi connectivity index (χ2n) is 6.61. The van der Waals surface area contributed by atoms with E-state index in [1.54, 1.807) is 0 Å². The molecule has 2 aliphatic rings. The molecule has 0 aromatic heterocycles. The van der Waals surface area contributed by atoms with Gasteiger partial charge in [0.1, 0.15) is 0 Å². The second kappa shape index (κ2) is 5.78. The lowest BCUT2D eigenvalue weighted by Crippen LogP contribution is -2.57. The summed E-state index contributed by atoms with van der Waals surface area (Å²) in [5.74, 6) is 0.256. The van der Waals surface area contributed by atoms with Crippen molar-refractivity contribution >= 4 is 5.91 Å². The molecule has 1 saturated heterocycles. The van der Waals surface area contributed by atoms with Crippen molar-refractivity contribution < 1.29 is 4.79 Å². The molecule has 1 aromatic carbocycles. The fourth-order valence-corrected chi connectivity index (χ4v) is 3.44. The van der Waals surface area contributed by atoms with E-state index in [1.165, 1.54) is 24.8 Å². The summed E-state index contributed by atoms with van der Waals surface area (Å²) in [5.41, 5.74) is 1.43. The van der Waals surface area contributed by atoms with Gasteiger partial charge in [0, 0.05) is 12.1 Å². The quantitative estimate of drug-likeness (QED) is 0.891. The summed E-state index contributed by atoms with van der Waals surface area (Å²) in [6.07, 6.45) is 4.46. The molecule has 1 unspecified atom stereocenters. The molecule has 4 nitrogen and oxygen atoms in total. The first-order valence-corrected chi connectivity index (χ1v) is 7.84. The summed E-state index contributed by atoms with van der Waals surface area (Å²) < 4.78 is 0. The van der Waals surface area contributed by atoms with E-state index in [0.717, 1.165) is 13.0 Å². The molecule has 3 rings (SSSR count). The molecular weight excluding hydrogens is 262 g/mol. The van der Waals surface area contributed by atoms with Gasteiger partial charge in [0.25, 0.3) is 0 Å². The Balaban J connectivity index is 1.61. The molecule has 4 heteroatoms. The van der Waals surface area contributed by atoms with E-state index >= 15 is 0 Å². The highest BCUT2D eigenvalue weighted by Gasteiger charge is 2.43. The van der Waals surface area contributed by atoms with Crippen LogP contribution in [0.2, 0.25) is 0 Å². The maximum Gasteiger partial charge on any atom is 0.241 e. The molecule has 0 spiro atoms. The number of nitrogens with one attached hydrogen (secondary N) is 1. The maximum absolute atomic E-state index is 12.6. The van der Waals surface area contributed by atoms with Crippen LogP contribution in [-0.2, 0) is 11.2 Å². The van der Waals surface area contributed by atoms with Crippen LogP contribution in [0, 0.1) is 0 Å². The second-order valence-corrected chi connectivity index (χ2v) is 6.61. The number of amides is 1. The summed E-state index contributed by atoms with van der Waals surface area (Å²) in [5, 5.41) is 3.37. The molecule has 1 aromatic rings. The number of carbonyl (C=O) groups excluding carboxylic acids is 1.